The van der Waals surface area contributed by atoms with E-state index in [4.69, 9.17) is 4.74 Å². The Kier molecular flexibility index (Phi) is 6.81. The van der Waals surface area contributed by atoms with Crippen molar-refractivity contribution in [2.75, 3.05) is 12.4 Å². The number of anilines is 1. The Morgan fingerprint density at radius 3 is 2.27 bits per heavy atom. The molecule has 0 aromatic heterocycles. The van der Waals surface area contributed by atoms with Gasteiger partial charge in [-0.3, -0.25) is 4.79 Å². The third kappa shape index (κ3) is 5.43. The van der Waals surface area contributed by atoms with E-state index in [1.54, 1.807) is 54.6 Å². The number of para-hydroxylation sites is 1. The first-order valence-corrected chi connectivity index (χ1v) is 10.6. The molecule has 3 aromatic carbocycles. The maximum absolute atomic E-state index is 13.7. The summed E-state index contributed by atoms with van der Waals surface area (Å²) in [6, 6.07) is 19.7. The van der Waals surface area contributed by atoms with E-state index in [2.05, 4.69) is 10.0 Å². The van der Waals surface area contributed by atoms with Crippen LogP contribution >= 0.6 is 0 Å². The Bertz CT molecular complexity index is 1110. The minimum atomic E-state index is -4.26. The van der Waals surface area contributed by atoms with Gasteiger partial charge in [0.1, 0.15) is 22.5 Å². The Hall–Kier alpha value is -3.23. The van der Waals surface area contributed by atoms with Crippen molar-refractivity contribution in [3.63, 3.8) is 0 Å². The summed E-state index contributed by atoms with van der Waals surface area (Å²) in [6.45, 7) is 0. The Morgan fingerprint density at radius 1 is 1.00 bits per heavy atom. The molecule has 1 amide bonds. The van der Waals surface area contributed by atoms with Crippen molar-refractivity contribution in [3.8, 4) is 5.75 Å². The molecule has 0 fully saturated rings. The van der Waals surface area contributed by atoms with Gasteiger partial charge in [-0.05, 0) is 42.3 Å². The van der Waals surface area contributed by atoms with Gasteiger partial charge in [0.2, 0.25) is 15.9 Å². The summed E-state index contributed by atoms with van der Waals surface area (Å²) in [5, 5.41) is 2.71. The van der Waals surface area contributed by atoms with E-state index >= 15 is 0 Å². The van der Waals surface area contributed by atoms with Crippen LogP contribution in [0.2, 0.25) is 0 Å². The molecule has 3 rings (SSSR count). The summed E-state index contributed by atoms with van der Waals surface area (Å²) in [6.07, 6.45) is 0.108. The molecular weight excluding hydrogens is 407 g/mol. The van der Waals surface area contributed by atoms with Crippen molar-refractivity contribution in [3.05, 3.63) is 90.2 Å². The summed E-state index contributed by atoms with van der Waals surface area (Å²) in [4.78, 5) is 12.5. The van der Waals surface area contributed by atoms with Crippen LogP contribution in [0.3, 0.4) is 0 Å². The van der Waals surface area contributed by atoms with E-state index in [0.29, 0.717) is 5.69 Å². The average molecular weight is 428 g/mol. The van der Waals surface area contributed by atoms with Gasteiger partial charge in [-0.25, -0.2) is 12.8 Å². The first-order chi connectivity index (χ1) is 14.4. The van der Waals surface area contributed by atoms with Crippen LogP contribution in [0.4, 0.5) is 10.1 Å². The predicted molar refractivity (Wildman–Crippen MR) is 112 cm³/mol. The van der Waals surface area contributed by atoms with Crippen molar-refractivity contribution in [2.24, 2.45) is 0 Å². The number of carbonyl (C=O) groups excluding carboxylic acids is 1. The topological polar surface area (TPSA) is 84.5 Å². The minimum Gasteiger partial charge on any atom is -0.495 e. The summed E-state index contributed by atoms with van der Waals surface area (Å²) < 4.78 is 47.1. The Labute approximate surface area is 174 Å². The van der Waals surface area contributed by atoms with E-state index in [9.17, 15) is 17.6 Å². The maximum Gasteiger partial charge on any atom is 0.245 e. The van der Waals surface area contributed by atoms with Gasteiger partial charge in [-0.2, -0.15) is 4.72 Å². The molecule has 156 valence electrons. The lowest BCUT2D eigenvalue weighted by Gasteiger charge is -2.19. The van der Waals surface area contributed by atoms with E-state index in [1.165, 1.54) is 13.2 Å². The molecule has 8 heteroatoms. The number of ether oxygens (including phenoxy) is 1. The largest absolute Gasteiger partial charge is 0.495 e. The van der Waals surface area contributed by atoms with Crippen molar-refractivity contribution < 1.29 is 22.3 Å². The summed E-state index contributed by atoms with van der Waals surface area (Å²) in [5.41, 5.74) is 1.29. The SMILES string of the molecule is COc1ccc(F)cc1S(=O)(=O)NC(Cc1ccccc1)C(=O)Nc1ccccc1. The lowest BCUT2D eigenvalue weighted by Crippen LogP contribution is -2.45. The predicted octanol–water partition coefficient (Wildman–Crippen LogP) is 3.36. The average Bonchev–Trinajstić information content (AvgIpc) is 2.74. The van der Waals surface area contributed by atoms with Crippen LogP contribution in [0, 0.1) is 5.82 Å². The zero-order valence-corrected chi connectivity index (χ0v) is 17.0. The number of benzene rings is 3. The molecule has 0 saturated carbocycles. The number of hydrogen-bond donors (Lipinski definition) is 2. The standard InChI is InChI=1S/C22H21FN2O4S/c1-29-20-13-12-17(23)15-21(20)30(27,28)25-19(14-16-8-4-2-5-9-16)22(26)24-18-10-6-3-7-11-18/h2-13,15,19,25H,14H2,1H3,(H,24,26). The second-order valence-electron chi connectivity index (χ2n) is 6.51. The summed E-state index contributed by atoms with van der Waals surface area (Å²) in [5.74, 6) is -1.29. The van der Waals surface area contributed by atoms with Gasteiger partial charge >= 0.3 is 0 Å². The molecule has 0 aliphatic rings. The highest BCUT2D eigenvalue weighted by molar-refractivity contribution is 7.89. The van der Waals surface area contributed by atoms with Gasteiger partial charge in [-0.15, -0.1) is 0 Å². The molecule has 1 unspecified atom stereocenters. The van der Waals surface area contributed by atoms with Gasteiger partial charge in [0.15, 0.2) is 0 Å². The number of carbonyl (C=O) groups is 1. The number of amides is 1. The summed E-state index contributed by atoms with van der Waals surface area (Å²) in [7, 11) is -2.97. The maximum atomic E-state index is 13.7. The van der Waals surface area contributed by atoms with Crippen molar-refractivity contribution in [1.82, 2.24) is 4.72 Å². The van der Waals surface area contributed by atoms with Crippen LogP contribution in [-0.4, -0.2) is 27.5 Å². The zero-order chi connectivity index (χ0) is 21.6. The molecule has 0 spiro atoms. The highest BCUT2D eigenvalue weighted by atomic mass is 32.2. The fourth-order valence-electron chi connectivity index (χ4n) is 2.90. The molecule has 0 radical (unpaired) electrons. The van der Waals surface area contributed by atoms with Gasteiger partial charge < -0.3 is 10.1 Å². The molecule has 0 heterocycles. The third-order valence-electron chi connectivity index (χ3n) is 4.35. The fraction of sp³-hybridized carbons (Fsp3) is 0.136. The molecule has 0 bridgehead atoms. The first-order valence-electron chi connectivity index (χ1n) is 9.15. The minimum absolute atomic E-state index is 0.0224. The van der Waals surface area contributed by atoms with Crippen LogP contribution in [0.5, 0.6) is 5.75 Å². The van der Waals surface area contributed by atoms with Gasteiger partial charge in [0, 0.05) is 5.69 Å². The molecule has 6 nitrogen and oxygen atoms in total. The summed E-state index contributed by atoms with van der Waals surface area (Å²) >= 11 is 0. The Morgan fingerprint density at radius 2 is 1.63 bits per heavy atom. The van der Waals surface area contributed by atoms with Crippen LogP contribution in [-0.2, 0) is 21.2 Å². The molecule has 0 saturated heterocycles. The molecule has 0 aliphatic carbocycles. The zero-order valence-electron chi connectivity index (χ0n) is 16.2. The fourth-order valence-corrected chi connectivity index (χ4v) is 4.28. The van der Waals surface area contributed by atoms with Crippen molar-refractivity contribution >= 4 is 21.6 Å². The van der Waals surface area contributed by atoms with E-state index in [1.807, 2.05) is 6.07 Å². The van der Waals surface area contributed by atoms with Crippen molar-refractivity contribution in [2.45, 2.75) is 17.4 Å². The van der Waals surface area contributed by atoms with Crippen LogP contribution in [0.1, 0.15) is 5.56 Å². The number of rotatable bonds is 8. The molecule has 1 atom stereocenters. The first kappa shape index (κ1) is 21.5. The second-order valence-corrected chi connectivity index (χ2v) is 8.20. The monoisotopic (exact) mass is 428 g/mol. The lowest BCUT2D eigenvalue weighted by molar-refractivity contribution is -0.117. The molecular formula is C22H21FN2O4S. The van der Waals surface area contributed by atoms with Crippen LogP contribution < -0.4 is 14.8 Å². The van der Waals surface area contributed by atoms with E-state index in [-0.39, 0.29) is 17.1 Å². The lowest BCUT2D eigenvalue weighted by atomic mass is 10.1. The molecule has 3 aromatic rings. The normalized spacial score (nSPS) is 12.2. The number of sulfonamides is 1. The number of nitrogens with one attached hydrogen (secondary N) is 2. The van der Waals surface area contributed by atoms with Crippen LogP contribution in [0.25, 0.3) is 0 Å². The molecule has 30 heavy (non-hydrogen) atoms. The molecule has 0 aliphatic heterocycles. The van der Waals surface area contributed by atoms with E-state index in [0.717, 1.165) is 17.7 Å². The number of hydrogen-bond acceptors (Lipinski definition) is 4. The quantitative estimate of drug-likeness (QED) is 0.576. The smallest absolute Gasteiger partial charge is 0.245 e. The van der Waals surface area contributed by atoms with E-state index < -0.39 is 27.8 Å². The molecule has 2 N–H and O–H groups in total. The number of methoxy groups -OCH3 is 1. The van der Waals surface area contributed by atoms with Crippen molar-refractivity contribution in [1.29, 1.82) is 0 Å². The van der Waals surface area contributed by atoms with Crippen LogP contribution in [0.15, 0.2) is 83.8 Å². The highest BCUT2D eigenvalue weighted by Gasteiger charge is 2.28. The number of halogens is 1. The van der Waals surface area contributed by atoms with Gasteiger partial charge in [0.05, 0.1) is 7.11 Å². The van der Waals surface area contributed by atoms with Gasteiger partial charge in [-0.1, -0.05) is 48.5 Å². The highest BCUT2D eigenvalue weighted by Crippen LogP contribution is 2.25. The third-order valence-corrected chi connectivity index (χ3v) is 5.85. The Balaban J connectivity index is 1.91. The second kappa shape index (κ2) is 9.51. The van der Waals surface area contributed by atoms with Gasteiger partial charge in [0.25, 0.3) is 0 Å².